The molecule has 0 radical (unpaired) electrons. The fourth-order valence-corrected chi connectivity index (χ4v) is 2.86. The van der Waals surface area contributed by atoms with Crippen LogP contribution in [0.1, 0.15) is 22.6 Å². The maximum absolute atomic E-state index is 11.9. The molecule has 2 heterocycles. The van der Waals surface area contributed by atoms with E-state index < -0.39 is 12.0 Å². The van der Waals surface area contributed by atoms with Gasteiger partial charge in [-0.25, -0.2) is 4.79 Å². The van der Waals surface area contributed by atoms with E-state index in [1.165, 1.54) is 15.9 Å². The summed E-state index contributed by atoms with van der Waals surface area (Å²) in [6, 6.07) is 3.28. The lowest BCUT2D eigenvalue weighted by Crippen LogP contribution is -2.39. The van der Waals surface area contributed by atoms with Gasteiger partial charge in [-0.1, -0.05) is 0 Å². The van der Waals surface area contributed by atoms with E-state index in [-0.39, 0.29) is 5.91 Å². The molecule has 1 aromatic rings. The molecule has 18 heavy (non-hydrogen) atoms. The van der Waals surface area contributed by atoms with E-state index in [0.717, 1.165) is 11.3 Å². The standard InChI is InChI=1S/C13H15NO3S/c1-9-4-5-10(18-9)6-7-12(15)14-8-2-3-11(14)13(16)17/h4-7,11H,2-3,8H2,1H3,(H,16,17)/b7-6+. The van der Waals surface area contributed by atoms with E-state index >= 15 is 0 Å². The summed E-state index contributed by atoms with van der Waals surface area (Å²) in [6.07, 6.45) is 4.52. The topological polar surface area (TPSA) is 57.6 Å². The number of carbonyl (C=O) groups excluding carboxylic acids is 1. The number of aryl methyl sites for hydroxylation is 1. The van der Waals surface area contributed by atoms with Crippen LogP contribution < -0.4 is 0 Å². The number of hydrogen-bond acceptors (Lipinski definition) is 3. The highest BCUT2D eigenvalue weighted by Crippen LogP contribution is 2.19. The largest absolute Gasteiger partial charge is 0.480 e. The maximum Gasteiger partial charge on any atom is 0.326 e. The first kappa shape index (κ1) is 12.8. The minimum absolute atomic E-state index is 0.217. The number of amides is 1. The molecule has 96 valence electrons. The minimum atomic E-state index is -0.916. The molecule has 0 aromatic carbocycles. The van der Waals surface area contributed by atoms with Gasteiger partial charge in [0, 0.05) is 22.4 Å². The van der Waals surface area contributed by atoms with Crippen molar-refractivity contribution >= 4 is 29.3 Å². The highest BCUT2D eigenvalue weighted by Gasteiger charge is 2.32. The van der Waals surface area contributed by atoms with Gasteiger partial charge in [0.25, 0.3) is 0 Å². The molecule has 1 fully saturated rings. The monoisotopic (exact) mass is 265 g/mol. The number of rotatable bonds is 3. The summed E-state index contributed by atoms with van der Waals surface area (Å²) in [5.41, 5.74) is 0. The smallest absolute Gasteiger partial charge is 0.326 e. The molecular formula is C13H15NO3S. The molecule has 1 N–H and O–H groups in total. The summed E-state index contributed by atoms with van der Waals surface area (Å²) in [6.45, 7) is 2.54. The van der Waals surface area contributed by atoms with Gasteiger partial charge in [0.2, 0.25) is 5.91 Å². The predicted molar refractivity (Wildman–Crippen MR) is 70.5 cm³/mol. The van der Waals surface area contributed by atoms with Crippen LogP contribution >= 0.6 is 11.3 Å². The fraction of sp³-hybridized carbons (Fsp3) is 0.385. The fourth-order valence-electron chi connectivity index (χ4n) is 2.08. The highest BCUT2D eigenvalue weighted by atomic mass is 32.1. The molecule has 0 aliphatic carbocycles. The summed E-state index contributed by atoms with van der Waals surface area (Å²) in [4.78, 5) is 26.5. The van der Waals surface area contributed by atoms with Crippen LogP contribution in [0.25, 0.3) is 6.08 Å². The van der Waals surface area contributed by atoms with Gasteiger partial charge >= 0.3 is 5.97 Å². The van der Waals surface area contributed by atoms with Crippen LogP contribution in [0.5, 0.6) is 0 Å². The minimum Gasteiger partial charge on any atom is -0.480 e. The highest BCUT2D eigenvalue weighted by molar-refractivity contribution is 7.12. The number of carbonyl (C=O) groups is 2. The second kappa shape index (κ2) is 5.35. The molecular weight excluding hydrogens is 250 g/mol. The molecule has 1 aliphatic rings. The third kappa shape index (κ3) is 2.79. The van der Waals surface area contributed by atoms with Crippen molar-refractivity contribution in [1.82, 2.24) is 4.90 Å². The van der Waals surface area contributed by atoms with Crippen LogP contribution in [-0.2, 0) is 9.59 Å². The van der Waals surface area contributed by atoms with E-state index in [2.05, 4.69) is 0 Å². The number of likely N-dealkylation sites (tertiary alicyclic amines) is 1. The van der Waals surface area contributed by atoms with Gasteiger partial charge in [0.1, 0.15) is 6.04 Å². The molecule has 0 bridgehead atoms. The molecule has 1 amide bonds. The lowest BCUT2D eigenvalue weighted by atomic mass is 10.2. The third-order valence-electron chi connectivity index (χ3n) is 2.97. The van der Waals surface area contributed by atoms with Crippen LogP contribution in [-0.4, -0.2) is 34.5 Å². The van der Waals surface area contributed by atoms with Crippen molar-refractivity contribution in [2.24, 2.45) is 0 Å². The third-order valence-corrected chi connectivity index (χ3v) is 3.94. The van der Waals surface area contributed by atoms with Gasteiger partial charge < -0.3 is 10.0 Å². The van der Waals surface area contributed by atoms with E-state index in [0.29, 0.717) is 13.0 Å². The molecule has 1 aliphatic heterocycles. The van der Waals surface area contributed by atoms with Gasteiger partial charge in [-0.05, 0) is 38.0 Å². The van der Waals surface area contributed by atoms with Crippen molar-refractivity contribution in [2.45, 2.75) is 25.8 Å². The van der Waals surface area contributed by atoms with Crippen molar-refractivity contribution in [3.05, 3.63) is 28.0 Å². The van der Waals surface area contributed by atoms with E-state index in [1.807, 2.05) is 19.1 Å². The Morgan fingerprint density at radius 3 is 2.89 bits per heavy atom. The zero-order valence-corrected chi connectivity index (χ0v) is 10.9. The van der Waals surface area contributed by atoms with Crippen molar-refractivity contribution < 1.29 is 14.7 Å². The van der Waals surface area contributed by atoms with Crippen molar-refractivity contribution in [1.29, 1.82) is 0 Å². The number of aliphatic carboxylic acids is 1. The number of hydrogen-bond donors (Lipinski definition) is 1. The first-order chi connectivity index (χ1) is 8.58. The van der Waals surface area contributed by atoms with E-state index in [9.17, 15) is 9.59 Å². The van der Waals surface area contributed by atoms with Gasteiger partial charge in [-0.3, -0.25) is 4.79 Å². The first-order valence-electron chi connectivity index (χ1n) is 5.86. The lowest BCUT2D eigenvalue weighted by molar-refractivity contribution is -0.146. The lowest BCUT2D eigenvalue weighted by Gasteiger charge is -2.19. The zero-order chi connectivity index (χ0) is 13.1. The molecule has 0 spiro atoms. The van der Waals surface area contributed by atoms with Crippen molar-refractivity contribution in [2.75, 3.05) is 6.54 Å². The quantitative estimate of drug-likeness (QED) is 0.852. The average molecular weight is 265 g/mol. The number of carboxylic acid groups (broad SMARTS) is 1. The Hall–Kier alpha value is -1.62. The number of nitrogens with zero attached hydrogens (tertiary/aromatic N) is 1. The maximum atomic E-state index is 11.9. The van der Waals surface area contributed by atoms with Gasteiger partial charge in [0.05, 0.1) is 0 Å². The molecule has 1 saturated heterocycles. The summed E-state index contributed by atoms with van der Waals surface area (Å²) in [5.74, 6) is -1.13. The summed E-state index contributed by atoms with van der Waals surface area (Å²) < 4.78 is 0. The molecule has 4 nitrogen and oxygen atoms in total. The number of thiophene rings is 1. The normalized spacial score (nSPS) is 19.6. The molecule has 1 atom stereocenters. The van der Waals surface area contributed by atoms with E-state index in [4.69, 9.17) is 5.11 Å². The first-order valence-corrected chi connectivity index (χ1v) is 6.67. The second-order valence-electron chi connectivity index (χ2n) is 4.31. The van der Waals surface area contributed by atoms with Gasteiger partial charge in [-0.15, -0.1) is 11.3 Å². The Bertz CT molecular complexity index is 492. The van der Waals surface area contributed by atoms with Crippen LogP contribution in [0, 0.1) is 6.92 Å². The zero-order valence-electron chi connectivity index (χ0n) is 10.1. The van der Waals surface area contributed by atoms with Crippen LogP contribution in [0.2, 0.25) is 0 Å². The molecule has 5 heteroatoms. The summed E-state index contributed by atoms with van der Waals surface area (Å²) in [7, 11) is 0. The van der Waals surface area contributed by atoms with Gasteiger partial charge in [-0.2, -0.15) is 0 Å². The Kier molecular flexibility index (Phi) is 3.81. The number of carboxylic acids is 1. The Morgan fingerprint density at radius 2 is 2.28 bits per heavy atom. The Labute approximate surface area is 110 Å². The second-order valence-corrected chi connectivity index (χ2v) is 5.63. The summed E-state index contributed by atoms with van der Waals surface area (Å²) >= 11 is 1.61. The average Bonchev–Trinajstić information content (AvgIpc) is 2.94. The summed E-state index contributed by atoms with van der Waals surface area (Å²) in [5, 5.41) is 9.01. The molecule has 1 aromatic heterocycles. The molecule has 0 saturated carbocycles. The van der Waals surface area contributed by atoms with Gasteiger partial charge in [0.15, 0.2) is 0 Å². The van der Waals surface area contributed by atoms with Crippen molar-refractivity contribution in [3.8, 4) is 0 Å². The molecule has 2 rings (SSSR count). The Morgan fingerprint density at radius 1 is 1.50 bits per heavy atom. The predicted octanol–water partition coefficient (Wildman–Crippen LogP) is 2.15. The van der Waals surface area contributed by atoms with Crippen LogP contribution in [0.4, 0.5) is 0 Å². The van der Waals surface area contributed by atoms with Crippen LogP contribution in [0.3, 0.4) is 0 Å². The Balaban J connectivity index is 2.03. The molecule has 1 unspecified atom stereocenters. The SMILES string of the molecule is Cc1ccc(/C=C/C(=O)N2CCCC2C(=O)O)s1. The van der Waals surface area contributed by atoms with Crippen LogP contribution in [0.15, 0.2) is 18.2 Å². The van der Waals surface area contributed by atoms with Crippen molar-refractivity contribution in [3.63, 3.8) is 0 Å². The van der Waals surface area contributed by atoms with E-state index in [1.54, 1.807) is 17.4 Å².